The molecule has 2 atom stereocenters. The summed E-state index contributed by atoms with van der Waals surface area (Å²) < 4.78 is 10.8. The zero-order chi connectivity index (χ0) is 16.8. The van der Waals surface area contributed by atoms with Crippen LogP contribution in [0, 0.1) is 0 Å². The first kappa shape index (κ1) is 17.2. The van der Waals surface area contributed by atoms with Crippen LogP contribution in [0.15, 0.2) is 24.3 Å². The topological polar surface area (TPSA) is 62.8 Å². The zero-order valence-corrected chi connectivity index (χ0v) is 14.3. The Morgan fingerprint density at radius 3 is 2.75 bits per heavy atom. The van der Waals surface area contributed by atoms with Gasteiger partial charge in [0, 0.05) is 19.6 Å². The molecule has 2 unspecified atom stereocenters. The van der Waals surface area contributed by atoms with Crippen LogP contribution < -0.4 is 15.4 Å². The van der Waals surface area contributed by atoms with E-state index in [4.69, 9.17) is 9.47 Å². The quantitative estimate of drug-likeness (QED) is 0.811. The molecule has 6 heteroatoms. The Labute approximate surface area is 143 Å². The van der Waals surface area contributed by atoms with Gasteiger partial charge in [-0.25, -0.2) is 0 Å². The van der Waals surface area contributed by atoms with Crippen molar-refractivity contribution in [2.24, 2.45) is 0 Å². The fraction of sp³-hybridized carbons (Fsp3) is 0.611. The first-order valence-corrected chi connectivity index (χ1v) is 8.76. The van der Waals surface area contributed by atoms with Gasteiger partial charge in [0.1, 0.15) is 11.9 Å². The number of carbonyl (C=O) groups excluding carboxylic acids is 1. The molecule has 0 radical (unpaired) electrons. The second kappa shape index (κ2) is 8.46. The number of methoxy groups -OCH3 is 1. The van der Waals surface area contributed by atoms with Gasteiger partial charge in [-0.1, -0.05) is 12.1 Å². The molecule has 132 valence electrons. The van der Waals surface area contributed by atoms with E-state index in [9.17, 15) is 4.79 Å². The second-order valence-electron chi connectivity index (χ2n) is 6.34. The van der Waals surface area contributed by atoms with Crippen molar-refractivity contribution < 1.29 is 14.3 Å². The predicted molar refractivity (Wildman–Crippen MR) is 92.2 cm³/mol. The highest BCUT2D eigenvalue weighted by molar-refractivity contribution is 5.81. The number of amides is 1. The Hall–Kier alpha value is -1.63. The van der Waals surface area contributed by atoms with Gasteiger partial charge in [-0.05, 0) is 43.6 Å². The Bertz CT molecular complexity index is 523. The van der Waals surface area contributed by atoms with Crippen LogP contribution in [0.4, 0.5) is 0 Å². The molecule has 2 saturated heterocycles. The van der Waals surface area contributed by atoms with Gasteiger partial charge >= 0.3 is 0 Å². The first-order valence-electron chi connectivity index (χ1n) is 8.76. The number of rotatable bonds is 6. The van der Waals surface area contributed by atoms with Crippen LogP contribution >= 0.6 is 0 Å². The molecular weight excluding hydrogens is 306 g/mol. The molecule has 24 heavy (non-hydrogen) atoms. The van der Waals surface area contributed by atoms with Gasteiger partial charge < -0.3 is 20.1 Å². The molecular formula is C18H27N3O3. The number of benzene rings is 1. The van der Waals surface area contributed by atoms with E-state index in [2.05, 4.69) is 27.7 Å². The third-order valence-electron chi connectivity index (χ3n) is 4.77. The summed E-state index contributed by atoms with van der Waals surface area (Å²) in [7, 11) is 1.67. The Morgan fingerprint density at radius 1 is 1.38 bits per heavy atom. The number of nitrogens with one attached hydrogen (secondary N) is 2. The maximum absolute atomic E-state index is 12.3. The van der Waals surface area contributed by atoms with Gasteiger partial charge in [-0.3, -0.25) is 9.69 Å². The standard InChI is InChI=1S/C18H27N3O3/c1-23-15-6-4-14(5-7-15)16(21-9-2-3-10-21)12-20-18(22)17-13-19-8-11-24-17/h4-7,16-17,19H,2-3,8-13H2,1H3,(H,20,22). The van der Waals surface area contributed by atoms with Crippen molar-refractivity contribution >= 4 is 5.91 Å². The van der Waals surface area contributed by atoms with Gasteiger partial charge in [0.25, 0.3) is 5.91 Å². The molecule has 2 fully saturated rings. The summed E-state index contributed by atoms with van der Waals surface area (Å²) in [5.41, 5.74) is 1.21. The number of hydrogen-bond donors (Lipinski definition) is 2. The molecule has 2 aliphatic rings. The largest absolute Gasteiger partial charge is 0.497 e. The fourth-order valence-electron chi connectivity index (χ4n) is 3.38. The SMILES string of the molecule is COc1ccc(C(CNC(=O)C2CNCCO2)N2CCCC2)cc1. The van der Waals surface area contributed by atoms with Crippen molar-refractivity contribution in [1.29, 1.82) is 0 Å². The number of carbonyl (C=O) groups is 1. The van der Waals surface area contributed by atoms with Gasteiger partial charge in [-0.15, -0.1) is 0 Å². The van der Waals surface area contributed by atoms with Crippen molar-refractivity contribution in [3.8, 4) is 5.75 Å². The number of morpholine rings is 1. The first-order chi connectivity index (χ1) is 11.8. The number of hydrogen-bond acceptors (Lipinski definition) is 5. The minimum atomic E-state index is -0.381. The Morgan fingerprint density at radius 2 is 2.12 bits per heavy atom. The van der Waals surface area contributed by atoms with Gasteiger partial charge in [0.15, 0.2) is 0 Å². The molecule has 0 aliphatic carbocycles. The third kappa shape index (κ3) is 4.26. The molecule has 0 aromatic heterocycles. The monoisotopic (exact) mass is 333 g/mol. The number of nitrogens with zero attached hydrogens (tertiary/aromatic N) is 1. The highest BCUT2D eigenvalue weighted by Gasteiger charge is 2.26. The number of likely N-dealkylation sites (tertiary alicyclic amines) is 1. The normalized spacial score (nSPS) is 23.0. The highest BCUT2D eigenvalue weighted by atomic mass is 16.5. The van der Waals surface area contributed by atoms with Crippen LogP contribution in [0.5, 0.6) is 5.75 Å². The van der Waals surface area contributed by atoms with Gasteiger partial charge in [0.05, 0.1) is 19.8 Å². The van der Waals surface area contributed by atoms with E-state index in [1.54, 1.807) is 7.11 Å². The third-order valence-corrected chi connectivity index (χ3v) is 4.77. The lowest BCUT2D eigenvalue weighted by Crippen LogP contribution is -2.49. The van der Waals surface area contributed by atoms with E-state index < -0.39 is 0 Å². The summed E-state index contributed by atoms with van der Waals surface area (Å²) >= 11 is 0. The summed E-state index contributed by atoms with van der Waals surface area (Å²) in [6.45, 7) is 4.74. The van der Waals surface area contributed by atoms with Crippen molar-refractivity contribution in [2.45, 2.75) is 25.0 Å². The van der Waals surface area contributed by atoms with Gasteiger partial charge in [0.2, 0.25) is 0 Å². The molecule has 3 rings (SSSR count). The Balaban J connectivity index is 1.64. The van der Waals surface area contributed by atoms with Crippen LogP contribution in [0.3, 0.4) is 0 Å². The predicted octanol–water partition coefficient (Wildman–Crippen LogP) is 0.937. The summed E-state index contributed by atoms with van der Waals surface area (Å²) in [6, 6.07) is 8.33. The molecule has 2 N–H and O–H groups in total. The van der Waals surface area contributed by atoms with Crippen molar-refractivity contribution in [3.63, 3.8) is 0 Å². The molecule has 1 amide bonds. The van der Waals surface area contributed by atoms with E-state index in [0.29, 0.717) is 19.7 Å². The highest BCUT2D eigenvalue weighted by Crippen LogP contribution is 2.26. The minimum absolute atomic E-state index is 0.0279. The molecule has 1 aromatic carbocycles. The molecule has 0 bridgehead atoms. The smallest absolute Gasteiger partial charge is 0.250 e. The summed E-state index contributed by atoms with van der Waals surface area (Å²) in [5.74, 6) is 0.824. The van der Waals surface area contributed by atoms with Crippen LogP contribution in [-0.2, 0) is 9.53 Å². The van der Waals surface area contributed by atoms with Crippen molar-refractivity contribution in [1.82, 2.24) is 15.5 Å². The maximum Gasteiger partial charge on any atom is 0.250 e. The van der Waals surface area contributed by atoms with Crippen LogP contribution in [-0.4, -0.2) is 63.4 Å². The Kier molecular flexibility index (Phi) is 6.07. The fourth-order valence-corrected chi connectivity index (χ4v) is 3.38. The summed E-state index contributed by atoms with van der Waals surface area (Å²) in [4.78, 5) is 14.8. The molecule has 2 aliphatic heterocycles. The van der Waals surface area contributed by atoms with Crippen LogP contribution in [0.2, 0.25) is 0 Å². The van der Waals surface area contributed by atoms with E-state index in [0.717, 1.165) is 25.4 Å². The van der Waals surface area contributed by atoms with E-state index in [1.165, 1.54) is 18.4 Å². The van der Waals surface area contributed by atoms with Gasteiger partial charge in [-0.2, -0.15) is 0 Å². The molecule has 6 nitrogen and oxygen atoms in total. The van der Waals surface area contributed by atoms with E-state index >= 15 is 0 Å². The molecule has 2 heterocycles. The van der Waals surface area contributed by atoms with Crippen molar-refractivity contribution in [3.05, 3.63) is 29.8 Å². The molecule has 0 spiro atoms. The second-order valence-corrected chi connectivity index (χ2v) is 6.34. The van der Waals surface area contributed by atoms with E-state index in [1.807, 2.05) is 12.1 Å². The summed E-state index contributed by atoms with van der Waals surface area (Å²) in [5, 5.41) is 6.27. The minimum Gasteiger partial charge on any atom is -0.497 e. The summed E-state index contributed by atoms with van der Waals surface area (Å²) in [6.07, 6.45) is 2.06. The lowest BCUT2D eigenvalue weighted by atomic mass is 10.0. The average Bonchev–Trinajstić information content (AvgIpc) is 3.17. The average molecular weight is 333 g/mol. The number of ether oxygens (including phenoxy) is 2. The van der Waals surface area contributed by atoms with Crippen LogP contribution in [0.1, 0.15) is 24.4 Å². The lowest BCUT2D eigenvalue weighted by molar-refractivity contribution is -0.134. The van der Waals surface area contributed by atoms with Crippen LogP contribution in [0.25, 0.3) is 0 Å². The van der Waals surface area contributed by atoms with E-state index in [-0.39, 0.29) is 18.1 Å². The van der Waals surface area contributed by atoms with Crippen molar-refractivity contribution in [2.75, 3.05) is 46.4 Å². The molecule has 1 aromatic rings. The molecule has 0 saturated carbocycles. The lowest BCUT2D eigenvalue weighted by Gasteiger charge is -2.29. The maximum atomic E-state index is 12.3. The zero-order valence-electron chi connectivity index (χ0n) is 14.3.